The van der Waals surface area contributed by atoms with E-state index in [1.165, 1.54) is 15.2 Å². The molecule has 2 N–H and O–H groups in total. The Morgan fingerprint density at radius 3 is 2.52 bits per heavy atom. The highest BCUT2D eigenvalue weighted by Crippen LogP contribution is 2.33. The number of fused-ring (bicyclic) bond motifs is 1. The van der Waals surface area contributed by atoms with E-state index in [4.69, 9.17) is 0 Å². The Bertz CT molecular complexity index is 1660. The highest BCUT2D eigenvalue weighted by atomic mass is 19.4. The summed E-state index contributed by atoms with van der Waals surface area (Å²) in [7, 11) is 0. The number of halogens is 3. The normalized spacial score (nSPS) is 16.5. The Kier molecular flexibility index (Phi) is 7.39. The van der Waals surface area contributed by atoms with Gasteiger partial charge >= 0.3 is 11.9 Å². The number of carbonyl (C=O) groups is 1. The summed E-state index contributed by atoms with van der Waals surface area (Å²) in [6, 6.07) is 4.73. The molecule has 2 atom stereocenters. The van der Waals surface area contributed by atoms with E-state index < -0.39 is 29.0 Å². The third-order valence-electron chi connectivity index (χ3n) is 7.22. The number of aryl methyl sites for hydroxylation is 1. The van der Waals surface area contributed by atoms with Crippen LogP contribution in [0.3, 0.4) is 0 Å². The maximum atomic E-state index is 13.3. The van der Waals surface area contributed by atoms with Gasteiger partial charge in [-0.05, 0) is 30.9 Å². The van der Waals surface area contributed by atoms with Gasteiger partial charge in [-0.3, -0.25) is 23.4 Å². The minimum Gasteiger partial charge on any atom is -0.356 e. The van der Waals surface area contributed by atoms with Gasteiger partial charge in [0.15, 0.2) is 5.65 Å². The number of H-pyrrole nitrogens is 1. The van der Waals surface area contributed by atoms with Gasteiger partial charge in [-0.15, -0.1) is 0 Å². The lowest BCUT2D eigenvalue weighted by atomic mass is 9.92. The number of rotatable bonds is 9. The van der Waals surface area contributed by atoms with Crippen molar-refractivity contribution in [3.8, 4) is 11.4 Å². The number of benzene rings is 1. The Labute approximate surface area is 226 Å². The number of amides is 1. The Balaban J connectivity index is 1.54. The molecule has 40 heavy (non-hydrogen) atoms. The van der Waals surface area contributed by atoms with Gasteiger partial charge in [0, 0.05) is 38.2 Å². The van der Waals surface area contributed by atoms with Crippen LogP contribution in [0, 0.1) is 5.92 Å². The van der Waals surface area contributed by atoms with E-state index >= 15 is 0 Å². The molecule has 10 nitrogen and oxygen atoms in total. The molecule has 0 bridgehead atoms. The molecular weight excluding hydrogens is 527 g/mol. The van der Waals surface area contributed by atoms with Gasteiger partial charge in [0.1, 0.15) is 11.3 Å². The highest BCUT2D eigenvalue weighted by Gasteiger charge is 2.33. The number of nitrogens with zero attached hydrogens (tertiary/aromatic N) is 5. The fourth-order valence-corrected chi connectivity index (χ4v) is 5.28. The van der Waals surface area contributed by atoms with E-state index in [1.807, 2.05) is 13.8 Å². The van der Waals surface area contributed by atoms with E-state index in [2.05, 4.69) is 20.4 Å². The molecule has 1 amide bonds. The second-order valence-corrected chi connectivity index (χ2v) is 10.1. The molecule has 1 saturated heterocycles. The smallest absolute Gasteiger partial charge is 0.356 e. The number of nitrogens with one attached hydrogen (secondary N) is 2. The quantitative estimate of drug-likeness (QED) is 0.327. The third kappa shape index (κ3) is 5.19. The number of imidazole rings is 1. The predicted molar refractivity (Wildman–Crippen MR) is 142 cm³/mol. The van der Waals surface area contributed by atoms with Crippen LogP contribution < -0.4 is 16.6 Å². The van der Waals surface area contributed by atoms with Crippen molar-refractivity contribution in [2.24, 2.45) is 5.92 Å². The van der Waals surface area contributed by atoms with Gasteiger partial charge in [0.05, 0.1) is 23.4 Å². The molecule has 0 spiro atoms. The van der Waals surface area contributed by atoms with Gasteiger partial charge in [0.25, 0.3) is 5.56 Å². The van der Waals surface area contributed by atoms with Crippen LogP contribution in [0.15, 0.2) is 46.2 Å². The summed E-state index contributed by atoms with van der Waals surface area (Å²) in [5, 5.41) is 7.28. The van der Waals surface area contributed by atoms with E-state index in [9.17, 15) is 27.6 Å². The Hall–Kier alpha value is -4.16. The molecule has 13 heteroatoms. The Morgan fingerprint density at radius 1 is 1.10 bits per heavy atom. The number of alkyl halides is 3. The number of hydrogen-bond acceptors (Lipinski definition) is 5. The molecule has 2 unspecified atom stereocenters. The summed E-state index contributed by atoms with van der Waals surface area (Å²) in [6.07, 6.45) is 0.522. The Morgan fingerprint density at radius 2 is 1.85 bits per heavy atom. The van der Waals surface area contributed by atoms with Crippen molar-refractivity contribution in [2.45, 2.75) is 64.8 Å². The van der Waals surface area contributed by atoms with Crippen LogP contribution in [-0.2, 0) is 30.5 Å². The van der Waals surface area contributed by atoms with Gasteiger partial charge in [-0.1, -0.05) is 32.0 Å². The van der Waals surface area contributed by atoms with Crippen molar-refractivity contribution in [3.63, 3.8) is 0 Å². The van der Waals surface area contributed by atoms with Crippen LogP contribution >= 0.6 is 0 Å². The zero-order chi connectivity index (χ0) is 28.6. The summed E-state index contributed by atoms with van der Waals surface area (Å²) >= 11 is 0. The SMILES string of the molecule is CCCn1c(=O)c2[nH]c(-c3cnn(C(Cc4cccc(C(F)(F)F)c4)C4CNC(=O)C4)c3)nc2n(CCC)c1=O. The van der Waals surface area contributed by atoms with E-state index in [-0.39, 0.29) is 42.4 Å². The summed E-state index contributed by atoms with van der Waals surface area (Å²) in [5.74, 6) is 0.0256. The second-order valence-electron chi connectivity index (χ2n) is 10.1. The minimum atomic E-state index is -4.47. The number of carbonyl (C=O) groups excluding carboxylic acids is 1. The standard InChI is InChI=1S/C27H30F3N7O3/c1-3-8-35-24-22(25(39)36(9-4-2)26(35)40)33-23(34-24)18-14-32-37(15-18)20(17-12-21(38)31-13-17)11-16-6-5-7-19(10-16)27(28,29)30/h5-7,10,14-15,17,20H,3-4,8-9,11-13H2,1-2H3,(H,31,38)(H,33,34). The molecule has 1 fully saturated rings. The molecule has 1 aromatic carbocycles. The van der Waals surface area contributed by atoms with Crippen LogP contribution in [0.25, 0.3) is 22.6 Å². The van der Waals surface area contributed by atoms with Crippen LogP contribution in [0.4, 0.5) is 13.2 Å². The molecule has 5 rings (SSSR count). The predicted octanol–water partition coefficient (Wildman–Crippen LogP) is 3.51. The largest absolute Gasteiger partial charge is 0.416 e. The van der Waals surface area contributed by atoms with Crippen molar-refractivity contribution in [3.05, 3.63) is 68.6 Å². The first-order valence-electron chi connectivity index (χ1n) is 13.3. The lowest BCUT2D eigenvalue weighted by Gasteiger charge is -2.23. The molecule has 4 aromatic rings. The molecule has 1 aliphatic heterocycles. The topological polar surface area (TPSA) is 120 Å². The molecule has 0 saturated carbocycles. The molecule has 0 radical (unpaired) electrons. The van der Waals surface area contributed by atoms with Gasteiger partial charge in [-0.2, -0.15) is 18.3 Å². The van der Waals surface area contributed by atoms with Crippen LogP contribution in [0.5, 0.6) is 0 Å². The van der Waals surface area contributed by atoms with E-state index in [0.29, 0.717) is 42.9 Å². The van der Waals surface area contributed by atoms with Crippen molar-refractivity contribution in [1.82, 2.24) is 34.2 Å². The fourth-order valence-electron chi connectivity index (χ4n) is 5.28. The average molecular weight is 558 g/mol. The second kappa shape index (κ2) is 10.8. The van der Waals surface area contributed by atoms with Gasteiger partial charge in [0.2, 0.25) is 5.91 Å². The minimum absolute atomic E-state index is 0.124. The summed E-state index contributed by atoms with van der Waals surface area (Å²) in [4.78, 5) is 45.8. The molecule has 4 heterocycles. The van der Waals surface area contributed by atoms with Crippen LogP contribution in [-0.4, -0.2) is 41.3 Å². The van der Waals surface area contributed by atoms with Crippen molar-refractivity contribution in [1.29, 1.82) is 0 Å². The summed E-state index contributed by atoms with van der Waals surface area (Å²) in [6.45, 7) is 4.87. The lowest BCUT2D eigenvalue weighted by molar-refractivity contribution is -0.137. The van der Waals surface area contributed by atoms with Crippen molar-refractivity contribution in [2.75, 3.05) is 6.54 Å². The lowest BCUT2D eigenvalue weighted by Crippen LogP contribution is -2.40. The monoisotopic (exact) mass is 557 g/mol. The molecular formula is C27H30F3N7O3. The first-order valence-corrected chi connectivity index (χ1v) is 13.3. The number of aromatic nitrogens is 6. The first kappa shape index (κ1) is 27.4. The number of aromatic amines is 1. The van der Waals surface area contributed by atoms with E-state index in [0.717, 1.165) is 12.1 Å². The van der Waals surface area contributed by atoms with Crippen molar-refractivity contribution < 1.29 is 18.0 Å². The van der Waals surface area contributed by atoms with Crippen LogP contribution in [0.2, 0.25) is 0 Å². The third-order valence-corrected chi connectivity index (χ3v) is 7.22. The number of hydrogen-bond donors (Lipinski definition) is 2. The average Bonchev–Trinajstić information content (AvgIpc) is 3.67. The summed E-state index contributed by atoms with van der Waals surface area (Å²) in [5.41, 5.74) is -0.0969. The fraction of sp³-hybridized carbons (Fsp3) is 0.444. The molecule has 0 aliphatic carbocycles. The highest BCUT2D eigenvalue weighted by molar-refractivity contribution is 5.78. The zero-order valence-corrected chi connectivity index (χ0v) is 22.2. The molecule has 1 aliphatic rings. The van der Waals surface area contributed by atoms with E-state index in [1.54, 1.807) is 23.1 Å². The maximum absolute atomic E-state index is 13.3. The maximum Gasteiger partial charge on any atom is 0.416 e. The van der Waals surface area contributed by atoms with Gasteiger partial charge < -0.3 is 10.3 Å². The van der Waals surface area contributed by atoms with Gasteiger partial charge in [-0.25, -0.2) is 9.78 Å². The molecule has 212 valence electrons. The first-order chi connectivity index (χ1) is 19.1. The van der Waals surface area contributed by atoms with Crippen molar-refractivity contribution >= 4 is 17.1 Å². The molecule has 3 aromatic heterocycles. The zero-order valence-electron chi connectivity index (χ0n) is 22.2. The van der Waals surface area contributed by atoms with Crippen LogP contribution in [0.1, 0.15) is 50.3 Å². The summed E-state index contributed by atoms with van der Waals surface area (Å²) < 4.78 is 44.3.